The highest BCUT2D eigenvalue weighted by molar-refractivity contribution is 8.00. The predicted octanol–water partition coefficient (Wildman–Crippen LogP) is 11.2. The number of ether oxygens (including phenoxy) is 1. The molecule has 2 fully saturated rings. The molecule has 3 aliphatic carbocycles. The van der Waals surface area contributed by atoms with E-state index in [9.17, 15) is 29.4 Å². The lowest BCUT2D eigenvalue weighted by Gasteiger charge is -2.30. The Balaban J connectivity index is 0.889. The number of fused-ring (bicyclic) bond motifs is 4. The number of amides is 2. The van der Waals surface area contributed by atoms with E-state index in [0.29, 0.717) is 59.9 Å². The van der Waals surface area contributed by atoms with Gasteiger partial charge in [-0.3, -0.25) is 14.4 Å². The SMILES string of the molecule is CCN(CC)c1ccc2c(-c3ccc(C(=O)N[C@H]4CC[C@H](NC(=O)c5ccc(-c6c7ccc(=O)cc-7oc7cc(O)ccc67)c(C(=O)O)c5)CC4)cc3SC3CCCCO3)c3ccc(=[N+](CC)CC)cc-3oc2c1. The number of anilines is 1. The van der Waals surface area contributed by atoms with Crippen LogP contribution in [-0.4, -0.2) is 78.3 Å². The molecule has 4 aromatic carbocycles. The van der Waals surface area contributed by atoms with Crippen molar-refractivity contribution in [3.8, 4) is 50.7 Å². The summed E-state index contributed by atoms with van der Waals surface area (Å²) in [6.07, 6.45) is 5.53. The molecule has 1 saturated carbocycles. The molecule has 0 aromatic heterocycles. The zero-order valence-corrected chi connectivity index (χ0v) is 43.0. The van der Waals surface area contributed by atoms with Gasteiger partial charge in [0.1, 0.15) is 47.0 Å². The highest BCUT2D eigenvalue weighted by Gasteiger charge is 2.29. The molecular weight excluding hydrogens is 953 g/mol. The van der Waals surface area contributed by atoms with Crippen LogP contribution >= 0.6 is 11.8 Å². The van der Waals surface area contributed by atoms with Crippen LogP contribution in [0.2, 0.25) is 0 Å². The van der Waals surface area contributed by atoms with E-state index in [1.807, 2.05) is 12.1 Å². The van der Waals surface area contributed by atoms with Gasteiger partial charge in [-0.1, -0.05) is 23.9 Å². The number of carbonyl (C=O) groups is 3. The average molecular weight is 1010 g/mol. The van der Waals surface area contributed by atoms with E-state index < -0.39 is 11.9 Å². The van der Waals surface area contributed by atoms with Gasteiger partial charge in [0.2, 0.25) is 5.36 Å². The third-order valence-corrected chi connectivity index (χ3v) is 15.9. The van der Waals surface area contributed by atoms with Gasteiger partial charge < -0.3 is 39.3 Å². The van der Waals surface area contributed by atoms with Crippen LogP contribution in [-0.2, 0) is 4.74 Å². The maximum Gasteiger partial charge on any atom is 0.336 e. The Morgan fingerprint density at radius 2 is 1.24 bits per heavy atom. The number of carbonyl (C=O) groups excluding carboxylic acids is 2. The highest BCUT2D eigenvalue weighted by atomic mass is 32.2. The summed E-state index contributed by atoms with van der Waals surface area (Å²) < 4.78 is 21.4. The molecule has 3 heterocycles. The van der Waals surface area contributed by atoms with E-state index in [4.69, 9.17) is 13.6 Å². The summed E-state index contributed by atoms with van der Waals surface area (Å²) >= 11 is 1.67. The summed E-state index contributed by atoms with van der Waals surface area (Å²) in [5.41, 5.74) is 6.85. The Kier molecular flexibility index (Phi) is 14.6. The third-order valence-electron chi connectivity index (χ3n) is 14.7. The Morgan fingerprint density at radius 3 is 1.88 bits per heavy atom. The van der Waals surface area contributed by atoms with E-state index in [-0.39, 0.29) is 57.1 Å². The number of hydrogen-bond donors (Lipinski definition) is 4. The first-order valence-corrected chi connectivity index (χ1v) is 26.8. The molecule has 380 valence electrons. The van der Waals surface area contributed by atoms with E-state index >= 15 is 0 Å². The van der Waals surface area contributed by atoms with Gasteiger partial charge in [0.25, 0.3) is 11.8 Å². The molecule has 1 atom stereocenters. The van der Waals surface area contributed by atoms with Gasteiger partial charge in [0.15, 0.2) is 5.43 Å². The van der Waals surface area contributed by atoms with Crippen LogP contribution in [0.5, 0.6) is 5.75 Å². The van der Waals surface area contributed by atoms with E-state index in [1.165, 1.54) is 30.3 Å². The van der Waals surface area contributed by atoms with Gasteiger partial charge in [-0.05, 0) is 150 Å². The van der Waals surface area contributed by atoms with Gasteiger partial charge in [-0.15, -0.1) is 0 Å². The van der Waals surface area contributed by atoms with Crippen molar-refractivity contribution in [3.05, 3.63) is 141 Å². The first-order valence-electron chi connectivity index (χ1n) is 25.9. The highest BCUT2D eigenvalue weighted by Crippen LogP contribution is 2.47. The smallest absolute Gasteiger partial charge is 0.336 e. The minimum atomic E-state index is -1.23. The molecule has 14 heteroatoms. The lowest BCUT2D eigenvalue weighted by Crippen LogP contribution is -2.43. The maximum absolute atomic E-state index is 14.3. The maximum atomic E-state index is 14.3. The van der Waals surface area contributed by atoms with Gasteiger partial charge in [0, 0.05) is 111 Å². The fourth-order valence-corrected chi connectivity index (χ4v) is 12.0. The van der Waals surface area contributed by atoms with Crippen LogP contribution in [0, 0.1) is 0 Å². The van der Waals surface area contributed by atoms with Crippen molar-refractivity contribution in [2.45, 2.75) is 95.1 Å². The standard InChI is InChI=1S/C60H60N4O9S/c1-5-63(6-2)39-18-24-44-50(31-39)72-51-32-40(64(7-3)8-4)19-25-45(51)57(44)48-23-13-36(30-54(48)74-55-11-9-10-28-71-55)59(68)62-38-16-14-37(15-17-38)61-58(67)35-12-22-43(49(29-35)60(69)70)56-46-26-20-41(65)33-52(46)73-53-34-42(66)21-27-47(53)56/h12-13,18-27,29-34,37-38,55H,5-11,14-17,28H2,1-4H3,(H3-,61,62,65,66,67,68,69,70)/p+1/t37-,38-,55?. The molecular formula is C60H61N4O9S+. The number of carboxylic acid groups (broad SMARTS) is 1. The molecule has 74 heavy (non-hydrogen) atoms. The van der Waals surface area contributed by atoms with Crippen LogP contribution in [0.3, 0.4) is 0 Å². The fraction of sp³-hybridized carbons (Fsp3) is 0.317. The number of nitrogens with zero attached hydrogens (tertiary/aromatic N) is 2. The van der Waals surface area contributed by atoms with Crippen LogP contribution in [0.1, 0.15) is 104 Å². The molecule has 4 N–H and O–H groups in total. The largest absolute Gasteiger partial charge is 0.508 e. The van der Waals surface area contributed by atoms with E-state index in [1.54, 1.807) is 36.0 Å². The molecule has 0 spiro atoms. The first-order chi connectivity index (χ1) is 35.9. The summed E-state index contributed by atoms with van der Waals surface area (Å²) in [4.78, 5) is 56.5. The summed E-state index contributed by atoms with van der Waals surface area (Å²) in [5.74, 6) is -0.828. The summed E-state index contributed by atoms with van der Waals surface area (Å²) in [7, 11) is 0. The van der Waals surface area contributed by atoms with Crippen molar-refractivity contribution in [1.82, 2.24) is 15.2 Å². The first kappa shape index (κ1) is 50.1. The van der Waals surface area contributed by atoms with Crippen molar-refractivity contribution in [3.63, 3.8) is 0 Å². The molecule has 0 bridgehead atoms. The number of thioether (sulfide) groups is 1. The zero-order chi connectivity index (χ0) is 51.6. The number of aromatic carboxylic acids is 1. The monoisotopic (exact) mass is 1010 g/mol. The molecule has 6 aliphatic rings. The Morgan fingerprint density at radius 1 is 0.649 bits per heavy atom. The third kappa shape index (κ3) is 10.1. The minimum absolute atomic E-state index is 0.0519. The van der Waals surface area contributed by atoms with Crippen molar-refractivity contribution in [1.29, 1.82) is 0 Å². The number of hydrogen-bond acceptors (Lipinski definition) is 10. The number of aromatic hydroxyl groups is 1. The molecule has 0 radical (unpaired) electrons. The average Bonchev–Trinajstić information content (AvgIpc) is 3.41. The molecule has 13 nitrogen and oxygen atoms in total. The number of rotatable bonds is 14. The second kappa shape index (κ2) is 21.6. The minimum Gasteiger partial charge on any atom is -0.508 e. The van der Waals surface area contributed by atoms with Crippen LogP contribution < -0.4 is 30.9 Å². The summed E-state index contributed by atoms with van der Waals surface area (Å²) in [5, 5.41) is 29.7. The van der Waals surface area contributed by atoms with Gasteiger partial charge in [-0.25, -0.2) is 9.37 Å². The fourth-order valence-electron chi connectivity index (χ4n) is 10.8. The van der Waals surface area contributed by atoms with Crippen LogP contribution in [0.25, 0.3) is 66.8 Å². The molecule has 3 aliphatic heterocycles. The number of phenols is 1. The van der Waals surface area contributed by atoms with Crippen LogP contribution in [0.4, 0.5) is 5.69 Å². The van der Waals surface area contributed by atoms with Crippen molar-refractivity contribution in [2.24, 2.45) is 0 Å². The molecule has 2 amide bonds. The molecule has 10 rings (SSSR count). The van der Waals surface area contributed by atoms with Gasteiger partial charge >= 0.3 is 5.97 Å². The lowest BCUT2D eigenvalue weighted by atomic mass is 9.89. The topological polar surface area (TPSA) is 175 Å². The molecule has 4 aromatic rings. The second-order valence-corrected chi connectivity index (χ2v) is 20.4. The van der Waals surface area contributed by atoms with Crippen LogP contribution in [0.15, 0.2) is 128 Å². The van der Waals surface area contributed by atoms with E-state index in [0.717, 1.165) is 94.8 Å². The Bertz CT molecular complexity index is 3500. The summed E-state index contributed by atoms with van der Waals surface area (Å²) in [6, 6.07) is 32.0. The number of phenolic OH excluding ortho intramolecular Hbond substituents is 1. The normalized spacial score (nSPS) is 16.9. The number of carboxylic acids is 1. The number of nitrogens with one attached hydrogen (secondary N) is 2. The van der Waals surface area contributed by atoms with Gasteiger partial charge in [0.05, 0.1) is 11.6 Å². The summed E-state index contributed by atoms with van der Waals surface area (Å²) in [6.45, 7) is 12.8. The quantitative estimate of drug-likeness (QED) is 0.0603. The van der Waals surface area contributed by atoms with E-state index in [2.05, 4.69) is 90.3 Å². The number of benzene rings is 6. The van der Waals surface area contributed by atoms with Gasteiger partial charge in [-0.2, -0.15) is 0 Å². The Labute approximate surface area is 433 Å². The van der Waals surface area contributed by atoms with Crippen molar-refractivity contribution >= 4 is 57.2 Å². The second-order valence-electron chi connectivity index (χ2n) is 19.2. The zero-order valence-electron chi connectivity index (χ0n) is 42.2. The molecule has 1 unspecified atom stereocenters. The lowest BCUT2D eigenvalue weighted by molar-refractivity contribution is 0.0697. The molecule has 1 saturated heterocycles. The predicted molar refractivity (Wildman–Crippen MR) is 292 cm³/mol. The van der Waals surface area contributed by atoms with Crippen molar-refractivity contribution < 1.29 is 38.2 Å². The Hall–Kier alpha value is -7.42. The van der Waals surface area contributed by atoms with Crippen molar-refractivity contribution in [2.75, 3.05) is 37.7 Å².